The molecule has 0 aliphatic carbocycles. The second-order valence-corrected chi connectivity index (χ2v) is 6.45. The molecular weight excluding hydrogens is 402 g/mol. The summed E-state index contributed by atoms with van der Waals surface area (Å²) >= 11 is 6.93. The standard InChI is InChI=1S/C17H10Br2F2/c18-13-6-3-7-15(21)16(13)17(19)12-8-9-14(20)11-5-2-1-4-10(11)12/h1-9,17H. The van der Waals surface area contributed by atoms with Gasteiger partial charge >= 0.3 is 0 Å². The van der Waals surface area contributed by atoms with Crippen molar-refractivity contribution in [3.63, 3.8) is 0 Å². The highest BCUT2D eigenvalue weighted by Crippen LogP contribution is 2.40. The van der Waals surface area contributed by atoms with Gasteiger partial charge in [0.2, 0.25) is 0 Å². The molecule has 0 fully saturated rings. The predicted octanol–water partition coefficient (Wildman–Crippen LogP) is 6.36. The van der Waals surface area contributed by atoms with E-state index in [1.165, 1.54) is 12.1 Å². The molecule has 0 N–H and O–H groups in total. The van der Waals surface area contributed by atoms with Gasteiger partial charge in [0.05, 0.1) is 4.83 Å². The zero-order chi connectivity index (χ0) is 15.0. The third-order valence-electron chi connectivity index (χ3n) is 3.43. The summed E-state index contributed by atoms with van der Waals surface area (Å²) in [5.74, 6) is -0.582. The highest BCUT2D eigenvalue weighted by Gasteiger charge is 2.20. The summed E-state index contributed by atoms with van der Waals surface area (Å²) in [6, 6.07) is 15.2. The molecule has 4 heteroatoms. The van der Waals surface area contributed by atoms with Crippen LogP contribution in [0.15, 0.2) is 59.1 Å². The summed E-state index contributed by atoms with van der Waals surface area (Å²) in [5, 5.41) is 1.31. The Hall–Kier alpha value is -1.26. The highest BCUT2D eigenvalue weighted by molar-refractivity contribution is 9.11. The van der Waals surface area contributed by atoms with Crippen molar-refractivity contribution in [3.05, 3.63) is 81.8 Å². The Kier molecular flexibility index (Phi) is 4.09. The molecule has 0 bridgehead atoms. The number of halogens is 4. The quantitative estimate of drug-likeness (QED) is 0.430. The van der Waals surface area contributed by atoms with Crippen molar-refractivity contribution in [2.24, 2.45) is 0 Å². The summed E-state index contributed by atoms with van der Waals surface area (Å²) in [4.78, 5) is -0.362. The molecule has 0 heterocycles. The lowest BCUT2D eigenvalue weighted by Crippen LogP contribution is -1.99. The number of alkyl halides is 1. The summed E-state index contributed by atoms with van der Waals surface area (Å²) < 4.78 is 28.7. The van der Waals surface area contributed by atoms with Crippen molar-refractivity contribution < 1.29 is 8.78 Å². The van der Waals surface area contributed by atoms with Crippen molar-refractivity contribution >= 4 is 42.6 Å². The number of hydrogen-bond acceptors (Lipinski definition) is 0. The number of rotatable bonds is 2. The van der Waals surface area contributed by atoms with E-state index in [0.29, 0.717) is 15.4 Å². The fraction of sp³-hybridized carbons (Fsp3) is 0.0588. The molecule has 0 aliphatic rings. The largest absolute Gasteiger partial charge is 0.207 e. The van der Waals surface area contributed by atoms with E-state index < -0.39 is 0 Å². The second kappa shape index (κ2) is 5.85. The molecule has 3 aromatic rings. The van der Waals surface area contributed by atoms with Gasteiger partial charge in [-0.05, 0) is 29.1 Å². The van der Waals surface area contributed by atoms with Crippen LogP contribution in [0.25, 0.3) is 10.8 Å². The van der Waals surface area contributed by atoms with Gasteiger partial charge in [-0.2, -0.15) is 0 Å². The van der Waals surface area contributed by atoms with E-state index in [1.807, 2.05) is 12.1 Å². The average molecular weight is 412 g/mol. The van der Waals surface area contributed by atoms with Crippen LogP contribution in [-0.4, -0.2) is 0 Å². The molecule has 1 unspecified atom stereocenters. The third-order valence-corrected chi connectivity index (χ3v) is 5.07. The Morgan fingerprint density at radius 3 is 2.19 bits per heavy atom. The lowest BCUT2D eigenvalue weighted by Gasteiger charge is -2.16. The fourth-order valence-electron chi connectivity index (χ4n) is 2.41. The summed E-state index contributed by atoms with van der Waals surface area (Å²) in [5.41, 5.74) is 1.34. The first-order valence-electron chi connectivity index (χ1n) is 6.34. The second-order valence-electron chi connectivity index (χ2n) is 4.68. The Morgan fingerprint density at radius 1 is 0.762 bits per heavy atom. The van der Waals surface area contributed by atoms with Crippen molar-refractivity contribution in [2.45, 2.75) is 4.83 Å². The summed E-state index contributed by atoms with van der Waals surface area (Å²) in [6.07, 6.45) is 0. The van der Waals surface area contributed by atoms with Crippen LogP contribution in [0.5, 0.6) is 0 Å². The monoisotopic (exact) mass is 410 g/mol. The van der Waals surface area contributed by atoms with E-state index in [-0.39, 0.29) is 16.5 Å². The van der Waals surface area contributed by atoms with Crippen molar-refractivity contribution in [1.29, 1.82) is 0 Å². The van der Waals surface area contributed by atoms with Crippen molar-refractivity contribution in [2.75, 3.05) is 0 Å². The van der Waals surface area contributed by atoms with Gasteiger partial charge in [-0.15, -0.1) is 0 Å². The molecule has 0 nitrogen and oxygen atoms in total. The topological polar surface area (TPSA) is 0 Å². The molecule has 0 aromatic heterocycles. The first kappa shape index (κ1) is 14.7. The van der Waals surface area contributed by atoms with Crippen LogP contribution in [0.2, 0.25) is 0 Å². The van der Waals surface area contributed by atoms with Crippen molar-refractivity contribution in [1.82, 2.24) is 0 Å². The molecule has 0 amide bonds. The SMILES string of the molecule is Fc1cccc(Br)c1C(Br)c1ccc(F)c2ccccc12. The molecule has 1 atom stereocenters. The molecule has 0 saturated carbocycles. The molecule has 0 aliphatic heterocycles. The van der Waals surface area contributed by atoms with Crippen LogP contribution >= 0.6 is 31.9 Å². The van der Waals surface area contributed by atoms with Gasteiger partial charge in [-0.25, -0.2) is 8.78 Å². The van der Waals surface area contributed by atoms with Gasteiger partial charge in [-0.1, -0.05) is 68.3 Å². The highest BCUT2D eigenvalue weighted by atomic mass is 79.9. The van der Waals surface area contributed by atoms with Gasteiger partial charge < -0.3 is 0 Å². The Balaban J connectivity index is 2.23. The lowest BCUT2D eigenvalue weighted by molar-refractivity contribution is 0.612. The summed E-state index contributed by atoms with van der Waals surface area (Å²) in [7, 11) is 0. The molecule has 3 rings (SSSR count). The summed E-state index contributed by atoms with van der Waals surface area (Å²) in [6.45, 7) is 0. The van der Waals surface area contributed by atoms with Crippen LogP contribution in [0.3, 0.4) is 0 Å². The first-order valence-corrected chi connectivity index (χ1v) is 8.05. The van der Waals surface area contributed by atoms with Crippen LogP contribution in [0.1, 0.15) is 16.0 Å². The Labute approximate surface area is 138 Å². The first-order chi connectivity index (χ1) is 10.1. The number of benzene rings is 3. The maximum Gasteiger partial charge on any atom is 0.131 e. The molecule has 21 heavy (non-hydrogen) atoms. The molecule has 0 spiro atoms. The zero-order valence-corrected chi connectivity index (χ0v) is 14.0. The van der Waals surface area contributed by atoms with Gasteiger partial charge in [-0.3, -0.25) is 0 Å². The normalized spacial score (nSPS) is 12.6. The van der Waals surface area contributed by atoms with Crippen LogP contribution in [0, 0.1) is 11.6 Å². The van der Waals surface area contributed by atoms with Gasteiger partial charge in [0.25, 0.3) is 0 Å². The molecular formula is C17H10Br2F2. The predicted molar refractivity (Wildman–Crippen MR) is 88.8 cm³/mol. The van der Waals surface area contributed by atoms with E-state index in [1.54, 1.807) is 30.3 Å². The minimum atomic E-state index is -0.362. The average Bonchev–Trinajstić information content (AvgIpc) is 2.47. The maximum absolute atomic E-state index is 14.1. The van der Waals surface area contributed by atoms with E-state index >= 15 is 0 Å². The smallest absolute Gasteiger partial charge is 0.131 e. The zero-order valence-electron chi connectivity index (χ0n) is 10.8. The van der Waals surface area contributed by atoms with Gasteiger partial charge in [0.15, 0.2) is 0 Å². The fourth-order valence-corrected chi connectivity index (χ4v) is 4.16. The van der Waals surface area contributed by atoms with E-state index in [0.717, 1.165) is 10.9 Å². The van der Waals surface area contributed by atoms with Crippen molar-refractivity contribution in [3.8, 4) is 0 Å². The Bertz CT molecular complexity index is 795. The lowest BCUT2D eigenvalue weighted by atomic mass is 9.98. The number of fused-ring (bicyclic) bond motifs is 1. The molecule has 106 valence electrons. The molecule has 3 aromatic carbocycles. The van der Waals surface area contributed by atoms with E-state index in [2.05, 4.69) is 31.9 Å². The van der Waals surface area contributed by atoms with E-state index in [9.17, 15) is 8.78 Å². The molecule has 0 radical (unpaired) electrons. The van der Waals surface area contributed by atoms with Crippen LogP contribution < -0.4 is 0 Å². The van der Waals surface area contributed by atoms with E-state index in [4.69, 9.17) is 0 Å². The van der Waals surface area contributed by atoms with Crippen LogP contribution in [-0.2, 0) is 0 Å². The molecule has 0 saturated heterocycles. The number of hydrogen-bond donors (Lipinski definition) is 0. The van der Waals surface area contributed by atoms with Crippen LogP contribution in [0.4, 0.5) is 8.78 Å². The maximum atomic E-state index is 14.1. The minimum Gasteiger partial charge on any atom is -0.207 e. The van der Waals surface area contributed by atoms with Gasteiger partial charge in [0, 0.05) is 15.4 Å². The van der Waals surface area contributed by atoms with Gasteiger partial charge in [0.1, 0.15) is 11.6 Å². The third kappa shape index (κ3) is 2.62. The minimum absolute atomic E-state index is 0.276. The Morgan fingerprint density at radius 2 is 1.48 bits per heavy atom.